The lowest BCUT2D eigenvalue weighted by atomic mass is 10.0. The van der Waals surface area contributed by atoms with Crippen LogP contribution < -0.4 is 15.4 Å². The number of nitrogens with zero attached hydrogens (tertiary/aromatic N) is 1. The van der Waals surface area contributed by atoms with Gasteiger partial charge in [-0.15, -0.1) is 0 Å². The highest BCUT2D eigenvalue weighted by molar-refractivity contribution is 7.87. The zero-order chi connectivity index (χ0) is 24.1. The third kappa shape index (κ3) is 7.68. The summed E-state index contributed by atoms with van der Waals surface area (Å²) in [6, 6.07) is 4.34. The maximum absolute atomic E-state index is 12.9. The van der Waals surface area contributed by atoms with E-state index in [-0.39, 0.29) is 12.1 Å². The summed E-state index contributed by atoms with van der Waals surface area (Å²) in [5, 5.41) is 5.21. The Morgan fingerprint density at radius 1 is 1.22 bits per heavy atom. The lowest BCUT2D eigenvalue weighted by Gasteiger charge is -2.29. The minimum Gasteiger partial charge on any atom is -0.444 e. The predicted octanol–water partition coefficient (Wildman–Crippen LogP) is 1.07. The number of hydrogen-bond acceptors (Lipinski definition) is 6. The van der Waals surface area contributed by atoms with Crippen molar-refractivity contribution >= 4 is 33.9 Å². The largest absolute Gasteiger partial charge is 0.444 e. The second-order valence-corrected chi connectivity index (χ2v) is 9.64. The maximum Gasteiger partial charge on any atom is 0.410 e. The van der Waals surface area contributed by atoms with Crippen molar-refractivity contribution in [3.05, 3.63) is 29.8 Å². The van der Waals surface area contributed by atoms with Crippen LogP contribution in [0.1, 0.15) is 39.2 Å². The number of carbonyl (C=O) groups excluding carboxylic acids is 3. The van der Waals surface area contributed by atoms with Gasteiger partial charge in [-0.3, -0.25) is 23.8 Å². The van der Waals surface area contributed by atoms with E-state index in [9.17, 15) is 22.8 Å². The van der Waals surface area contributed by atoms with Crippen LogP contribution in [0, 0.1) is 0 Å². The number of benzene rings is 1. The average Bonchev–Trinajstić information content (AvgIpc) is 3.16. The van der Waals surface area contributed by atoms with Crippen LogP contribution in [-0.2, 0) is 31.1 Å². The molecule has 2 atom stereocenters. The molecule has 1 aliphatic rings. The van der Waals surface area contributed by atoms with Gasteiger partial charge in [0.1, 0.15) is 17.7 Å². The first-order valence-corrected chi connectivity index (χ1v) is 11.6. The first-order valence-electron chi connectivity index (χ1n) is 10.1. The van der Waals surface area contributed by atoms with Gasteiger partial charge < -0.3 is 15.4 Å². The number of amides is 3. The fourth-order valence-electron chi connectivity index (χ4n) is 3.32. The Morgan fingerprint density at radius 2 is 1.84 bits per heavy atom. The van der Waals surface area contributed by atoms with Crippen molar-refractivity contribution < 1.29 is 32.1 Å². The lowest BCUT2D eigenvalue weighted by molar-refractivity contribution is -0.131. The molecule has 1 saturated heterocycles. The highest BCUT2D eigenvalue weighted by atomic mass is 32.2. The summed E-state index contributed by atoms with van der Waals surface area (Å²) in [6.45, 7) is 5.62. The smallest absolute Gasteiger partial charge is 0.410 e. The Kier molecular flexibility index (Phi) is 8.07. The molecular weight excluding hydrogens is 440 g/mol. The van der Waals surface area contributed by atoms with Crippen molar-refractivity contribution in [3.8, 4) is 0 Å². The molecule has 1 aromatic rings. The number of ether oxygens (including phenoxy) is 1. The lowest BCUT2D eigenvalue weighted by Crippen LogP contribution is -2.54. The van der Waals surface area contributed by atoms with Gasteiger partial charge in [-0.1, -0.05) is 12.1 Å². The zero-order valence-corrected chi connectivity index (χ0v) is 19.4. The van der Waals surface area contributed by atoms with Crippen LogP contribution in [0.2, 0.25) is 0 Å². The van der Waals surface area contributed by atoms with E-state index >= 15 is 0 Å². The monoisotopic (exact) mass is 470 g/mol. The predicted molar refractivity (Wildman–Crippen MR) is 117 cm³/mol. The molecule has 32 heavy (non-hydrogen) atoms. The standard InChI is InChI=1S/C20H30N4O7S/c1-20(2,3)31-19(27)24-11-5-6-16(24)18(26)22-15(17(25)21-4)12-13-7-9-14(10-8-13)23-32(28,29)30/h7-10,15-16,23H,5-6,11-12H2,1-4H3,(H,21,25)(H,22,26)(H,28,29,30). The Bertz CT molecular complexity index is 942. The molecule has 0 aromatic heterocycles. The average molecular weight is 471 g/mol. The Labute approximate surface area is 187 Å². The Hall–Kier alpha value is -2.86. The summed E-state index contributed by atoms with van der Waals surface area (Å²) >= 11 is 0. The van der Waals surface area contributed by atoms with E-state index in [0.29, 0.717) is 24.9 Å². The fraction of sp³-hybridized carbons (Fsp3) is 0.550. The van der Waals surface area contributed by atoms with Gasteiger partial charge >= 0.3 is 16.4 Å². The van der Waals surface area contributed by atoms with Crippen LogP contribution in [0.3, 0.4) is 0 Å². The van der Waals surface area contributed by atoms with Crippen LogP contribution in [0.15, 0.2) is 24.3 Å². The van der Waals surface area contributed by atoms with E-state index in [1.165, 1.54) is 24.1 Å². The van der Waals surface area contributed by atoms with Crippen molar-refractivity contribution in [2.75, 3.05) is 18.3 Å². The second kappa shape index (κ2) is 10.2. The van der Waals surface area contributed by atoms with Gasteiger partial charge in [0.15, 0.2) is 0 Å². The van der Waals surface area contributed by atoms with Gasteiger partial charge in [0.25, 0.3) is 0 Å². The van der Waals surface area contributed by atoms with E-state index < -0.39 is 45.9 Å². The number of likely N-dealkylation sites (tertiary alicyclic amines) is 1. The topological polar surface area (TPSA) is 154 Å². The molecule has 1 fully saturated rings. The van der Waals surface area contributed by atoms with Gasteiger partial charge in [-0.25, -0.2) is 4.79 Å². The van der Waals surface area contributed by atoms with Gasteiger partial charge in [0.05, 0.1) is 5.69 Å². The number of likely N-dealkylation sites (N-methyl/N-ethyl adjacent to an activating group) is 1. The molecule has 4 N–H and O–H groups in total. The normalized spacial score (nSPS) is 17.4. The van der Waals surface area contributed by atoms with Crippen LogP contribution in [0.4, 0.5) is 10.5 Å². The van der Waals surface area contributed by atoms with Crippen molar-refractivity contribution in [2.45, 2.75) is 57.7 Å². The molecule has 2 rings (SSSR count). The molecule has 0 spiro atoms. The fourth-order valence-corrected chi connectivity index (χ4v) is 3.76. The van der Waals surface area contributed by atoms with E-state index in [4.69, 9.17) is 9.29 Å². The summed E-state index contributed by atoms with van der Waals surface area (Å²) in [7, 11) is -2.95. The van der Waals surface area contributed by atoms with Crippen molar-refractivity contribution in [1.82, 2.24) is 15.5 Å². The van der Waals surface area contributed by atoms with Gasteiger partial charge in [0, 0.05) is 20.0 Å². The Morgan fingerprint density at radius 3 is 2.38 bits per heavy atom. The summed E-state index contributed by atoms with van der Waals surface area (Å²) in [5.41, 5.74) is 0.104. The molecule has 178 valence electrons. The highest BCUT2D eigenvalue weighted by Gasteiger charge is 2.37. The molecule has 3 amide bonds. The minimum atomic E-state index is -4.39. The van der Waals surface area contributed by atoms with Gasteiger partial charge in [-0.05, 0) is 51.3 Å². The summed E-state index contributed by atoms with van der Waals surface area (Å²) in [5.74, 6) is -0.869. The van der Waals surface area contributed by atoms with E-state index in [1.807, 2.05) is 4.72 Å². The van der Waals surface area contributed by atoms with E-state index in [0.717, 1.165) is 0 Å². The second-order valence-electron chi connectivity index (χ2n) is 8.49. The van der Waals surface area contributed by atoms with Gasteiger partial charge in [0.2, 0.25) is 11.8 Å². The molecule has 1 aliphatic heterocycles. The van der Waals surface area contributed by atoms with Crippen LogP contribution in [0.25, 0.3) is 0 Å². The molecule has 1 aromatic carbocycles. The van der Waals surface area contributed by atoms with Crippen LogP contribution >= 0.6 is 0 Å². The van der Waals surface area contributed by atoms with Gasteiger partial charge in [-0.2, -0.15) is 8.42 Å². The summed E-state index contributed by atoms with van der Waals surface area (Å²) in [6.07, 6.45) is 0.663. The zero-order valence-electron chi connectivity index (χ0n) is 18.5. The van der Waals surface area contributed by atoms with Crippen molar-refractivity contribution in [3.63, 3.8) is 0 Å². The van der Waals surface area contributed by atoms with E-state index in [2.05, 4.69) is 10.6 Å². The molecular formula is C20H30N4O7S. The molecule has 0 saturated carbocycles. The Balaban J connectivity index is 2.09. The summed E-state index contributed by atoms with van der Waals surface area (Å²) in [4.78, 5) is 39.1. The minimum absolute atomic E-state index is 0.136. The van der Waals surface area contributed by atoms with E-state index in [1.54, 1.807) is 32.9 Å². The molecule has 0 aliphatic carbocycles. The number of nitrogens with one attached hydrogen (secondary N) is 3. The molecule has 12 heteroatoms. The SMILES string of the molecule is CNC(=O)C(Cc1ccc(NS(=O)(=O)O)cc1)NC(=O)C1CCCN1C(=O)OC(C)(C)C. The third-order valence-corrected chi connectivity index (χ3v) is 5.20. The highest BCUT2D eigenvalue weighted by Crippen LogP contribution is 2.21. The molecule has 1 heterocycles. The van der Waals surface area contributed by atoms with Crippen LogP contribution in [0.5, 0.6) is 0 Å². The number of rotatable bonds is 7. The first-order chi connectivity index (χ1) is 14.8. The van der Waals surface area contributed by atoms with Crippen LogP contribution in [-0.4, -0.2) is 67.1 Å². The number of anilines is 1. The maximum atomic E-state index is 12.9. The van der Waals surface area contributed by atoms with Crippen molar-refractivity contribution in [2.24, 2.45) is 0 Å². The molecule has 2 unspecified atom stereocenters. The first kappa shape index (κ1) is 25.4. The van der Waals surface area contributed by atoms with Crippen molar-refractivity contribution in [1.29, 1.82) is 0 Å². The number of carbonyl (C=O) groups is 3. The summed E-state index contributed by atoms with van der Waals surface area (Å²) < 4.78 is 37.9. The molecule has 0 radical (unpaired) electrons. The molecule has 11 nitrogen and oxygen atoms in total. The third-order valence-electron chi connectivity index (χ3n) is 4.70. The molecule has 0 bridgehead atoms. The number of hydrogen-bond donors (Lipinski definition) is 4. The quantitative estimate of drug-likeness (QED) is 0.435.